The molecule has 0 spiro atoms. The van der Waals surface area contributed by atoms with Crippen LogP contribution in [0.2, 0.25) is 0 Å². The lowest BCUT2D eigenvalue weighted by Crippen LogP contribution is -2.35. The van der Waals surface area contributed by atoms with E-state index in [2.05, 4.69) is 4.72 Å². The van der Waals surface area contributed by atoms with Crippen molar-refractivity contribution < 1.29 is 17.7 Å². The minimum Gasteiger partial charge on any atom is -0.258 e. The number of non-ortho nitro benzene ring substituents is 1. The van der Waals surface area contributed by atoms with Crippen LogP contribution in [0.15, 0.2) is 18.2 Å². The van der Waals surface area contributed by atoms with Crippen molar-refractivity contribution in [2.24, 2.45) is 0 Å². The van der Waals surface area contributed by atoms with Crippen molar-refractivity contribution in [3.63, 3.8) is 0 Å². The first-order valence-corrected chi connectivity index (χ1v) is 7.10. The van der Waals surface area contributed by atoms with Crippen molar-refractivity contribution in [3.8, 4) is 0 Å². The van der Waals surface area contributed by atoms with Crippen LogP contribution in [0.5, 0.6) is 0 Å². The van der Waals surface area contributed by atoms with E-state index < -0.39 is 26.2 Å². The van der Waals surface area contributed by atoms with Crippen LogP contribution >= 0.6 is 0 Å². The van der Waals surface area contributed by atoms with Gasteiger partial charge in [-0.15, -0.1) is 0 Å². The zero-order valence-corrected chi connectivity index (χ0v) is 11.6. The second kappa shape index (κ2) is 5.22. The van der Waals surface area contributed by atoms with Crippen LogP contribution in [0.25, 0.3) is 0 Å². The fourth-order valence-electron chi connectivity index (χ4n) is 1.77. The van der Waals surface area contributed by atoms with E-state index in [1.807, 2.05) is 0 Å². The molecule has 0 aliphatic heterocycles. The van der Waals surface area contributed by atoms with Gasteiger partial charge in [0, 0.05) is 23.1 Å². The van der Waals surface area contributed by atoms with Crippen LogP contribution in [-0.2, 0) is 15.4 Å². The molecule has 6 nitrogen and oxygen atoms in total. The van der Waals surface area contributed by atoms with Gasteiger partial charge in [0.1, 0.15) is 5.82 Å². The van der Waals surface area contributed by atoms with Crippen LogP contribution < -0.4 is 4.72 Å². The minimum absolute atomic E-state index is 0.000486. The van der Waals surface area contributed by atoms with Crippen molar-refractivity contribution >= 4 is 15.7 Å². The first-order valence-electron chi connectivity index (χ1n) is 5.45. The van der Waals surface area contributed by atoms with Gasteiger partial charge < -0.3 is 0 Å². The van der Waals surface area contributed by atoms with Crippen molar-refractivity contribution in [2.45, 2.75) is 19.3 Å². The Morgan fingerprint density at radius 1 is 1.42 bits per heavy atom. The summed E-state index contributed by atoms with van der Waals surface area (Å²) in [6, 6.07) is 3.09. The molecule has 0 unspecified atom stereocenters. The molecule has 1 aromatic carbocycles. The molecule has 0 bridgehead atoms. The number of nitrogens with one attached hydrogen (secondary N) is 1. The molecule has 0 aliphatic carbocycles. The third-order valence-electron chi connectivity index (χ3n) is 2.75. The number of nitrogens with zero attached hydrogens (tertiary/aromatic N) is 1. The maximum Gasteiger partial charge on any atom is 0.269 e. The Bertz CT molecular complexity index is 599. The second-order valence-electron chi connectivity index (χ2n) is 4.77. The molecule has 0 atom stereocenters. The van der Waals surface area contributed by atoms with Crippen LogP contribution in [0.3, 0.4) is 0 Å². The quantitative estimate of drug-likeness (QED) is 0.658. The van der Waals surface area contributed by atoms with Crippen LogP contribution in [0.4, 0.5) is 10.1 Å². The van der Waals surface area contributed by atoms with Gasteiger partial charge in [-0.3, -0.25) is 10.1 Å². The van der Waals surface area contributed by atoms with E-state index in [0.717, 1.165) is 18.2 Å². The van der Waals surface area contributed by atoms with Gasteiger partial charge in [-0.25, -0.2) is 17.5 Å². The van der Waals surface area contributed by atoms with Gasteiger partial charge in [0.2, 0.25) is 10.0 Å². The predicted octanol–water partition coefficient (Wildman–Crippen LogP) is 1.56. The monoisotopic (exact) mass is 290 g/mol. The summed E-state index contributed by atoms with van der Waals surface area (Å²) in [6.45, 7) is 3.04. The van der Waals surface area contributed by atoms with Gasteiger partial charge in [0.15, 0.2) is 0 Å². The van der Waals surface area contributed by atoms with E-state index in [9.17, 15) is 22.9 Å². The molecular formula is C11H15FN2O4S. The molecule has 0 saturated heterocycles. The molecule has 0 radical (unpaired) electrons. The summed E-state index contributed by atoms with van der Waals surface area (Å²) in [7, 11) is -2.30. The Balaban J connectivity index is 3.27. The maximum absolute atomic E-state index is 13.8. The van der Waals surface area contributed by atoms with E-state index in [-0.39, 0.29) is 17.0 Å². The second-order valence-corrected chi connectivity index (χ2v) is 6.69. The van der Waals surface area contributed by atoms with Gasteiger partial charge in [-0.05, 0) is 13.1 Å². The molecule has 8 heteroatoms. The molecule has 0 amide bonds. The number of benzene rings is 1. The zero-order chi connectivity index (χ0) is 14.8. The van der Waals surface area contributed by atoms with Gasteiger partial charge in [0.25, 0.3) is 5.69 Å². The largest absolute Gasteiger partial charge is 0.269 e. The fourth-order valence-corrected chi connectivity index (χ4v) is 3.02. The smallest absolute Gasteiger partial charge is 0.258 e. The number of halogens is 1. The summed E-state index contributed by atoms with van der Waals surface area (Å²) in [6.07, 6.45) is 0. The average molecular weight is 290 g/mol. The lowest BCUT2D eigenvalue weighted by Gasteiger charge is -2.25. The number of hydrogen-bond acceptors (Lipinski definition) is 4. The van der Waals surface area contributed by atoms with Crippen molar-refractivity contribution in [1.82, 2.24) is 4.72 Å². The number of rotatable bonds is 5. The van der Waals surface area contributed by atoms with Gasteiger partial charge in [-0.2, -0.15) is 0 Å². The summed E-state index contributed by atoms with van der Waals surface area (Å²) in [4.78, 5) is 10.0. The molecule has 0 aliphatic rings. The highest BCUT2D eigenvalue weighted by molar-refractivity contribution is 7.89. The standard InChI is InChI=1S/C11H15FN2O4S/c1-11(2,7-19(17,18)13-3)9-6-8(14(15)16)4-5-10(9)12/h4-6,13H,7H2,1-3H3. The molecule has 1 rings (SSSR count). The van der Waals surface area contributed by atoms with Crippen molar-refractivity contribution in [1.29, 1.82) is 0 Å². The SMILES string of the molecule is CNS(=O)(=O)CC(C)(C)c1cc([N+](=O)[O-])ccc1F. The van der Waals surface area contributed by atoms with Gasteiger partial charge >= 0.3 is 0 Å². The van der Waals surface area contributed by atoms with Crippen molar-refractivity contribution in [2.75, 3.05) is 12.8 Å². The third-order valence-corrected chi connectivity index (χ3v) is 4.48. The Morgan fingerprint density at radius 2 is 2.00 bits per heavy atom. The molecule has 0 heterocycles. The summed E-state index contributed by atoms with van der Waals surface area (Å²) in [5.41, 5.74) is -1.36. The Morgan fingerprint density at radius 3 is 2.47 bits per heavy atom. The zero-order valence-electron chi connectivity index (χ0n) is 10.8. The molecular weight excluding hydrogens is 275 g/mol. The summed E-state index contributed by atoms with van der Waals surface area (Å²) in [5.74, 6) is -1.03. The number of hydrogen-bond donors (Lipinski definition) is 1. The molecule has 0 fully saturated rings. The third kappa shape index (κ3) is 3.71. The lowest BCUT2D eigenvalue weighted by molar-refractivity contribution is -0.385. The highest BCUT2D eigenvalue weighted by Gasteiger charge is 2.31. The van der Waals surface area contributed by atoms with E-state index >= 15 is 0 Å². The summed E-state index contributed by atoms with van der Waals surface area (Å²) in [5, 5.41) is 10.7. The first kappa shape index (κ1) is 15.5. The number of nitro benzene ring substituents is 1. The van der Waals surface area contributed by atoms with E-state index in [0.29, 0.717) is 0 Å². The van der Waals surface area contributed by atoms with E-state index in [4.69, 9.17) is 0 Å². The van der Waals surface area contributed by atoms with E-state index in [1.54, 1.807) is 0 Å². The number of nitro groups is 1. The molecule has 106 valence electrons. The van der Waals surface area contributed by atoms with Crippen LogP contribution in [0.1, 0.15) is 19.4 Å². The Kier molecular flexibility index (Phi) is 4.26. The molecule has 19 heavy (non-hydrogen) atoms. The number of sulfonamides is 1. The van der Waals surface area contributed by atoms with Crippen molar-refractivity contribution in [3.05, 3.63) is 39.7 Å². The maximum atomic E-state index is 13.8. The highest BCUT2D eigenvalue weighted by atomic mass is 32.2. The molecule has 1 aromatic rings. The van der Waals surface area contributed by atoms with E-state index in [1.165, 1.54) is 20.9 Å². The predicted molar refractivity (Wildman–Crippen MR) is 68.9 cm³/mol. The van der Waals surface area contributed by atoms with Crippen LogP contribution in [0, 0.1) is 15.9 Å². The molecule has 1 N–H and O–H groups in total. The Hall–Kier alpha value is -1.54. The summed E-state index contributed by atoms with van der Waals surface area (Å²) >= 11 is 0. The average Bonchev–Trinajstić information content (AvgIpc) is 2.27. The minimum atomic E-state index is -3.56. The summed E-state index contributed by atoms with van der Waals surface area (Å²) < 4.78 is 39.0. The van der Waals surface area contributed by atoms with Gasteiger partial charge in [0.05, 0.1) is 10.7 Å². The first-order chi connectivity index (χ1) is 8.59. The Labute approximate surface area is 110 Å². The highest BCUT2D eigenvalue weighted by Crippen LogP contribution is 2.30. The van der Waals surface area contributed by atoms with Crippen LogP contribution in [-0.4, -0.2) is 26.1 Å². The molecule has 0 aromatic heterocycles. The normalized spacial score (nSPS) is 12.4. The fraction of sp³-hybridized carbons (Fsp3) is 0.455. The van der Waals surface area contributed by atoms with Gasteiger partial charge in [-0.1, -0.05) is 13.8 Å². The topological polar surface area (TPSA) is 89.3 Å². The lowest BCUT2D eigenvalue weighted by atomic mass is 9.86. The molecule has 0 saturated carbocycles.